The summed E-state index contributed by atoms with van der Waals surface area (Å²) < 4.78 is 58.7. The first-order valence-electron chi connectivity index (χ1n) is 15.1. The molecule has 2 heterocycles. The Morgan fingerprint density at radius 2 is 0.918 bits per heavy atom. The number of fused-ring (bicyclic) bond motifs is 7. The maximum Gasteiger partial charge on any atom is 0.237 e. The molecule has 49 heavy (non-hydrogen) atoms. The molecule has 0 aliphatic heterocycles. The molecule has 3 aliphatic carbocycles. The van der Waals surface area contributed by atoms with Gasteiger partial charge in [0.1, 0.15) is 23.3 Å². The fourth-order valence-electron chi connectivity index (χ4n) is 7.30. The van der Waals surface area contributed by atoms with Gasteiger partial charge in [-0.3, -0.25) is 19.2 Å². The van der Waals surface area contributed by atoms with E-state index in [9.17, 15) is 36.7 Å². The molecule has 0 fully saturated rings. The van der Waals surface area contributed by atoms with Gasteiger partial charge < -0.3 is 0 Å². The minimum Gasteiger partial charge on any atom is -0.285 e. The second-order valence-corrected chi connectivity index (χ2v) is 15.1. The molecule has 9 rings (SSSR count). The molecule has 6 aromatic rings. The van der Waals surface area contributed by atoms with Crippen LogP contribution in [0.15, 0.2) is 60.7 Å². The van der Waals surface area contributed by atoms with Crippen LogP contribution < -0.4 is 0 Å². The van der Waals surface area contributed by atoms with Crippen molar-refractivity contribution in [1.29, 1.82) is 0 Å². The number of halogens is 4. The third kappa shape index (κ3) is 4.14. The Bertz CT molecular complexity index is 2520. The fourth-order valence-corrected chi connectivity index (χ4v) is 9.36. The lowest BCUT2D eigenvalue weighted by molar-refractivity contribution is -0.110. The zero-order chi connectivity index (χ0) is 34.3. The first kappa shape index (κ1) is 29.8. The molecular weight excluding hydrogens is 673 g/mol. The SMILES string of the molecule is CC1(C)c2cc3cc(/C=C4\C(=O)C(=O)c5c(F)cc(F)cc54)sc3cc2-c2cc3sc(/C=C4\C(=O)C(=O)c5c(F)cc(F)cc54)cc3cc21. The van der Waals surface area contributed by atoms with Crippen molar-refractivity contribution < 1.29 is 36.7 Å². The van der Waals surface area contributed by atoms with Crippen LogP contribution in [0.1, 0.15) is 66.6 Å². The monoisotopic (exact) mass is 690 g/mol. The average Bonchev–Trinajstić information content (AvgIpc) is 3.79. The number of carbonyl (C=O) groups is 4. The Kier molecular flexibility index (Phi) is 6.00. The molecule has 4 nitrogen and oxygen atoms in total. The summed E-state index contributed by atoms with van der Waals surface area (Å²) in [6, 6.07) is 15.3. The number of carbonyl (C=O) groups excluding carboxylic acids is 4. The van der Waals surface area contributed by atoms with Crippen LogP contribution in [0.5, 0.6) is 0 Å². The van der Waals surface area contributed by atoms with Gasteiger partial charge in [0.2, 0.25) is 23.1 Å². The summed E-state index contributed by atoms with van der Waals surface area (Å²) in [7, 11) is 0. The van der Waals surface area contributed by atoms with Gasteiger partial charge in [-0.25, -0.2) is 17.6 Å². The molecule has 2 aromatic heterocycles. The summed E-state index contributed by atoms with van der Waals surface area (Å²) in [6.07, 6.45) is 3.02. The Hall–Kier alpha value is -5.32. The lowest BCUT2D eigenvalue weighted by atomic mass is 9.82. The minimum absolute atomic E-state index is 0.0449. The van der Waals surface area contributed by atoms with E-state index >= 15 is 0 Å². The van der Waals surface area contributed by atoms with Crippen LogP contribution in [0.2, 0.25) is 0 Å². The Morgan fingerprint density at radius 1 is 0.510 bits per heavy atom. The molecule has 0 atom stereocenters. The highest BCUT2D eigenvalue weighted by Crippen LogP contribution is 2.52. The third-order valence-corrected chi connectivity index (χ3v) is 11.7. The highest BCUT2D eigenvalue weighted by molar-refractivity contribution is 7.20. The average molecular weight is 691 g/mol. The first-order chi connectivity index (χ1) is 23.3. The maximum absolute atomic E-state index is 14.4. The van der Waals surface area contributed by atoms with Gasteiger partial charge in [-0.1, -0.05) is 13.8 Å². The highest BCUT2D eigenvalue weighted by atomic mass is 32.1. The normalized spacial score (nSPS) is 17.6. The van der Waals surface area contributed by atoms with Gasteiger partial charge in [0.05, 0.1) is 11.1 Å². The zero-order valence-electron chi connectivity index (χ0n) is 25.4. The van der Waals surface area contributed by atoms with Crippen molar-refractivity contribution in [3.63, 3.8) is 0 Å². The van der Waals surface area contributed by atoms with Crippen LogP contribution in [0, 0.1) is 23.3 Å². The lowest BCUT2D eigenvalue weighted by Gasteiger charge is -2.21. The van der Waals surface area contributed by atoms with Crippen LogP contribution in [0.4, 0.5) is 17.6 Å². The first-order valence-corrected chi connectivity index (χ1v) is 16.7. The van der Waals surface area contributed by atoms with Crippen molar-refractivity contribution in [2.45, 2.75) is 19.3 Å². The van der Waals surface area contributed by atoms with Crippen LogP contribution in [-0.2, 0) is 15.0 Å². The Labute approximate surface area is 282 Å². The van der Waals surface area contributed by atoms with Gasteiger partial charge in [-0.05, 0) is 93.7 Å². The van der Waals surface area contributed by atoms with Crippen molar-refractivity contribution in [1.82, 2.24) is 0 Å². The summed E-state index contributed by atoms with van der Waals surface area (Å²) in [5, 5.41) is 1.83. The summed E-state index contributed by atoms with van der Waals surface area (Å²) in [5.74, 6) is -7.62. The largest absolute Gasteiger partial charge is 0.285 e. The van der Waals surface area contributed by atoms with Crippen molar-refractivity contribution in [3.05, 3.63) is 127 Å². The molecule has 0 unspecified atom stereocenters. The van der Waals surface area contributed by atoms with E-state index in [0.29, 0.717) is 21.9 Å². The van der Waals surface area contributed by atoms with E-state index in [1.165, 1.54) is 34.8 Å². The molecule has 0 radical (unpaired) electrons. The molecular formula is C39H18F4O4S2. The number of hydrogen-bond acceptors (Lipinski definition) is 6. The van der Waals surface area contributed by atoms with Gasteiger partial charge in [-0.15, -0.1) is 22.7 Å². The smallest absolute Gasteiger partial charge is 0.237 e. The van der Waals surface area contributed by atoms with Crippen LogP contribution in [-0.4, -0.2) is 23.1 Å². The number of rotatable bonds is 2. The van der Waals surface area contributed by atoms with Crippen molar-refractivity contribution >= 4 is 89.3 Å². The molecule has 0 N–H and O–H groups in total. The molecule has 0 saturated carbocycles. The summed E-state index contributed by atoms with van der Waals surface area (Å²) in [6.45, 7) is 4.23. The summed E-state index contributed by atoms with van der Waals surface area (Å²) in [4.78, 5) is 51.9. The van der Waals surface area contributed by atoms with Gasteiger partial charge in [0.15, 0.2) is 0 Å². The standard InChI is InChI=1S/C39H18F4O4S2/c1-39(2)27-5-15-3-19(11-25-23-7-17(40)9-29(42)33(23)37(46)35(25)44)48-31(15)13-21(27)22-14-32-16(6-28(22)39)4-20(49-32)12-26-24-8-18(41)10-30(43)34(24)38(47)36(26)45/h3-14H,1-2H3/b25-11-,26-12-. The second kappa shape index (κ2) is 9.87. The van der Waals surface area contributed by atoms with Crippen LogP contribution >= 0.6 is 22.7 Å². The number of Topliss-reactive ketones (excluding diaryl/α,β-unsaturated/α-hetero) is 4. The lowest BCUT2D eigenvalue weighted by Crippen LogP contribution is -2.14. The molecule has 238 valence electrons. The molecule has 0 bridgehead atoms. The molecule has 4 aromatic carbocycles. The quantitative estimate of drug-likeness (QED) is 0.103. The van der Waals surface area contributed by atoms with E-state index in [1.54, 1.807) is 0 Å². The number of thiophene rings is 2. The van der Waals surface area contributed by atoms with E-state index in [-0.39, 0.29) is 22.3 Å². The van der Waals surface area contributed by atoms with Crippen molar-refractivity contribution in [2.24, 2.45) is 0 Å². The van der Waals surface area contributed by atoms with E-state index in [4.69, 9.17) is 0 Å². The van der Waals surface area contributed by atoms with E-state index in [0.717, 1.165) is 54.6 Å². The van der Waals surface area contributed by atoms with E-state index < -0.39 is 62.9 Å². The summed E-state index contributed by atoms with van der Waals surface area (Å²) >= 11 is 2.78. The molecule has 0 amide bonds. The maximum atomic E-state index is 14.4. The zero-order valence-corrected chi connectivity index (χ0v) is 27.0. The van der Waals surface area contributed by atoms with Crippen molar-refractivity contribution in [3.8, 4) is 11.1 Å². The van der Waals surface area contributed by atoms with E-state index in [2.05, 4.69) is 38.1 Å². The van der Waals surface area contributed by atoms with Crippen LogP contribution in [0.3, 0.4) is 0 Å². The minimum atomic E-state index is -1.06. The number of hydrogen-bond donors (Lipinski definition) is 0. The second-order valence-electron chi connectivity index (χ2n) is 12.8. The van der Waals surface area contributed by atoms with Gasteiger partial charge in [0, 0.05) is 59.0 Å². The van der Waals surface area contributed by atoms with Gasteiger partial charge in [-0.2, -0.15) is 0 Å². The number of benzene rings is 4. The van der Waals surface area contributed by atoms with E-state index in [1.807, 2.05) is 12.1 Å². The Morgan fingerprint density at radius 3 is 1.33 bits per heavy atom. The molecule has 10 heteroatoms. The fraction of sp³-hybridized carbons (Fsp3) is 0.0769. The molecule has 0 saturated heterocycles. The van der Waals surface area contributed by atoms with Crippen LogP contribution in [0.25, 0.3) is 54.6 Å². The Balaban J connectivity index is 1.13. The molecule has 3 aliphatic rings. The van der Waals surface area contributed by atoms with Crippen molar-refractivity contribution in [2.75, 3.05) is 0 Å². The number of ketones is 4. The predicted octanol–water partition coefficient (Wildman–Crippen LogP) is 9.59. The number of allylic oxidation sites excluding steroid dienone is 2. The predicted molar refractivity (Wildman–Crippen MR) is 182 cm³/mol. The van der Waals surface area contributed by atoms with Gasteiger partial charge in [0.25, 0.3) is 0 Å². The topological polar surface area (TPSA) is 68.3 Å². The van der Waals surface area contributed by atoms with Gasteiger partial charge >= 0.3 is 0 Å². The highest BCUT2D eigenvalue weighted by Gasteiger charge is 2.39. The molecule has 0 spiro atoms. The third-order valence-electron chi connectivity index (χ3n) is 9.61. The summed E-state index contributed by atoms with van der Waals surface area (Å²) in [5.41, 5.74) is 2.79.